The lowest BCUT2D eigenvalue weighted by atomic mass is 9.97. The minimum absolute atomic E-state index is 0.0889. The number of aryl methyl sites for hydroxylation is 1. The van der Waals surface area contributed by atoms with Crippen LogP contribution >= 0.6 is 11.8 Å². The van der Waals surface area contributed by atoms with Gasteiger partial charge in [0.15, 0.2) is 0 Å². The largest absolute Gasteiger partial charge is 0.394 e. The third-order valence-corrected chi connectivity index (χ3v) is 4.87. The number of likely N-dealkylation sites (N-methyl/N-ethyl adjacent to an activating group) is 1. The van der Waals surface area contributed by atoms with Crippen molar-refractivity contribution < 1.29 is 5.11 Å². The van der Waals surface area contributed by atoms with Crippen LogP contribution in [0.25, 0.3) is 0 Å². The third-order valence-electron chi connectivity index (χ3n) is 3.62. The fourth-order valence-electron chi connectivity index (χ4n) is 2.20. The first-order valence-electron chi connectivity index (χ1n) is 6.19. The van der Waals surface area contributed by atoms with Crippen molar-refractivity contribution in [3.8, 4) is 0 Å². The van der Waals surface area contributed by atoms with Gasteiger partial charge in [-0.15, -0.1) is 11.8 Å². The highest BCUT2D eigenvalue weighted by molar-refractivity contribution is 7.99. The van der Waals surface area contributed by atoms with Crippen LogP contribution in [0, 0.1) is 12.8 Å². The van der Waals surface area contributed by atoms with E-state index in [1.54, 1.807) is 0 Å². The molecule has 2 N–H and O–H groups in total. The molecule has 0 bridgehead atoms. The number of nitrogens with one attached hydrogen (secondary N) is 1. The second kappa shape index (κ2) is 5.42. The molecule has 1 aromatic rings. The van der Waals surface area contributed by atoms with Gasteiger partial charge in [0.25, 0.3) is 0 Å². The summed E-state index contributed by atoms with van der Waals surface area (Å²) in [5.41, 5.74) is 1.20. The van der Waals surface area contributed by atoms with E-state index in [0.717, 1.165) is 5.75 Å². The topological polar surface area (TPSA) is 32.3 Å². The van der Waals surface area contributed by atoms with Crippen LogP contribution in [-0.2, 0) is 0 Å². The van der Waals surface area contributed by atoms with E-state index in [2.05, 4.69) is 36.5 Å². The highest BCUT2D eigenvalue weighted by Crippen LogP contribution is 2.42. The molecule has 1 aliphatic rings. The molecule has 0 amide bonds. The zero-order valence-corrected chi connectivity index (χ0v) is 11.4. The minimum atomic E-state index is -0.0889. The van der Waals surface area contributed by atoms with Gasteiger partial charge in [-0.2, -0.15) is 0 Å². The number of aliphatic hydroxyl groups excluding tert-OH is 1. The van der Waals surface area contributed by atoms with Crippen molar-refractivity contribution in [1.82, 2.24) is 5.32 Å². The maximum absolute atomic E-state index is 9.64. The number of aliphatic hydroxyl groups is 1. The Morgan fingerprint density at radius 3 is 2.76 bits per heavy atom. The summed E-state index contributed by atoms with van der Waals surface area (Å²) in [6.07, 6.45) is 2.49. The monoisotopic (exact) mass is 251 g/mol. The van der Waals surface area contributed by atoms with Crippen molar-refractivity contribution in [3.63, 3.8) is 0 Å². The van der Waals surface area contributed by atoms with Crippen LogP contribution in [0.15, 0.2) is 29.2 Å². The van der Waals surface area contributed by atoms with Crippen LogP contribution in [0.2, 0.25) is 0 Å². The van der Waals surface area contributed by atoms with E-state index in [9.17, 15) is 5.11 Å². The number of rotatable bonds is 6. The van der Waals surface area contributed by atoms with Crippen LogP contribution in [0.3, 0.4) is 0 Å². The SMILES string of the molecule is CNC(CO)(CSc1cccc(C)c1)C1CC1. The average Bonchev–Trinajstić information content (AvgIpc) is 3.16. The number of hydrogen-bond acceptors (Lipinski definition) is 3. The van der Waals surface area contributed by atoms with E-state index >= 15 is 0 Å². The zero-order chi connectivity index (χ0) is 12.3. The smallest absolute Gasteiger partial charge is 0.0624 e. The third kappa shape index (κ3) is 3.03. The molecule has 1 saturated carbocycles. The minimum Gasteiger partial charge on any atom is -0.394 e. The van der Waals surface area contributed by atoms with Crippen molar-refractivity contribution in [2.45, 2.75) is 30.2 Å². The van der Waals surface area contributed by atoms with Gasteiger partial charge in [-0.1, -0.05) is 17.7 Å². The van der Waals surface area contributed by atoms with Gasteiger partial charge in [0, 0.05) is 10.6 Å². The molecule has 0 aliphatic heterocycles. The maximum atomic E-state index is 9.64. The molecule has 17 heavy (non-hydrogen) atoms. The van der Waals surface area contributed by atoms with Crippen LogP contribution in [0.5, 0.6) is 0 Å². The Balaban J connectivity index is 2.00. The molecule has 1 atom stereocenters. The van der Waals surface area contributed by atoms with Gasteiger partial charge in [0.2, 0.25) is 0 Å². The molecule has 0 saturated heterocycles. The Hall–Kier alpha value is -0.510. The predicted octanol–water partition coefficient (Wildman–Crippen LogP) is 2.45. The summed E-state index contributed by atoms with van der Waals surface area (Å²) in [6.45, 7) is 2.34. The number of thioether (sulfide) groups is 1. The van der Waals surface area contributed by atoms with Crippen LogP contribution in [0.4, 0.5) is 0 Å². The molecule has 2 rings (SSSR count). The summed E-state index contributed by atoms with van der Waals surface area (Å²) in [5.74, 6) is 1.59. The average molecular weight is 251 g/mol. The Morgan fingerprint density at radius 1 is 1.47 bits per heavy atom. The quantitative estimate of drug-likeness (QED) is 0.762. The highest BCUT2D eigenvalue weighted by atomic mass is 32.2. The molecule has 0 radical (unpaired) electrons. The van der Waals surface area contributed by atoms with Crippen molar-refractivity contribution in [2.24, 2.45) is 5.92 Å². The van der Waals surface area contributed by atoms with E-state index in [4.69, 9.17) is 0 Å². The first-order chi connectivity index (χ1) is 8.20. The Morgan fingerprint density at radius 2 is 2.24 bits per heavy atom. The van der Waals surface area contributed by atoms with E-state index in [1.165, 1.54) is 23.3 Å². The predicted molar refractivity (Wildman–Crippen MR) is 73.5 cm³/mol. The molecule has 1 aliphatic carbocycles. The van der Waals surface area contributed by atoms with E-state index in [0.29, 0.717) is 5.92 Å². The Kier molecular flexibility index (Phi) is 4.13. The van der Waals surface area contributed by atoms with Crippen LogP contribution in [0.1, 0.15) is 18.4 Å². The lowest BCUT2D eigenvalue weighted by Crippen LogP contribution is -2.51. The fourth-order valence-corrected chi connectivity index (χ4v) is 3.54. The molecule has 1 aromatic carbocycles. The molecule has 3 heteroatoms. The van der Waals surface area contributed by atoms with Gasteiger partial charge in [-0.25, -0.2) is 0 Å². The summed E-state index contributed by atoms with van der Waals surface area (Å²) in [6, 6.07) is 8.55. The number of benzene rings is 1. The molecule has 1 fully saturated rings. The van der Waals surface area contributed by atoms with Crippen LogP contribution < -0.4 is 5.32 Å². The van der Waals surface area contributed by atoms with E-state index < -0.39 is 0 Å². The number of hydrogen-bond donors (Lipinski definition) is 2. The molecule has 0 spiro atoms. The van der Waals surface area contributed by atoms with Gasteiger partial charge in [-0.05, 0) is 44.9 Å². The van der Waals surface area contributed by atoms with Gasteiger partial charge >= 0.3 is 0 Å². The van der Waals surface area contributed by atoms with Crippen molar-refractivity contribution in [2.75, 3.05) is 19.4 Å². The van der Waals surface area contributed by atoms with Gasteiger partial charge in [-0.3, -0.25) is 0 Å². The molecular weight excluding hydrogens is 230 g/mol. The zero-order valence-electron chi connectivity index (χ0n) is 10.6. The van der Waals surface area contributed by atoms with Gasteiger partial charge in [0.05, 0.1) is 12.1 Å². The van der Waals surface area contributed by atoms with Crippen molar-refractivity contribution in [3.05, 3.63) is 29.8 Å². The normalized spacial score (nSPS) is 19.0. The summed E-state index contributed by atoms with van der Waals surface area (Å²) in [5, 5.41) is 13.0. The molecule has 0 aromatic heterocycles. The van der Waals surface area contributed by atoms with Crippen molar-refractivity contribution in [1.29, 1.82) is 0 Å². The second-order valence-corrected chi connectivity index (χ2v) is 5.99. The molecule has 94 valence electrons. The second-order valence-electron chi connectivity index (χ2n) is 4.94. The van der Waals surface area contributed by atoms with E-state index in [-0.39, 0.29) is 12.1 Å². The molecule has 0 heterocycles. The summed E-state index contributed by atoms with van der Waals surface area (Å²) < 4.78 is 0. The Labute approximate surface area is 108 Å². The van der Waals surface area contributed by atoms with Crippen LogP contribution in [-0.4, -0.2) is 30.1 Å². The molecule has 1 unspecified atom stereocenters. The summed E-state index contributed by atoms with van der Waals surface area (Å²) in [4.78, 5) is 1.29. The fraction of sp³-hybridized carbons (Fsp3) is 0.571. The first-order valence-corrected chi connectivity index (χ1v) is 7.18. The summed E-state index contributed by atoms with van der Waals surface area (Å²) >= 11 is 1.84. The lowest BCUT2D eigenvalue weighted by Gasteiger charge is -2.31. The molecular formula is C14H21NOS. The van der Waals surface area contributed by atoms with E-state index in [1.807, 2.05) is 18.8 Å². The highest BCUT2D eigenvalue weighted by Gasteiger charge is 2.43. The lowest BCUT2D eigenvalue weighted by molar-refractivity contribution is 0.167. The van der Waals surface area contributed by atoms with Gasteiger partial charge < -0.3 is 10.4 Å². The summed E-state index contributed by atoms with van der Waals surface area (Å²) in [7, 11) is 1.96. The standard InChI is InChI=1S/C14H21NOS/c1-11-4-3-5-13(8-11)17-10-14(9-16,15-2)12-6-7-12/h3-5,8,12,15-16H,6-7,9-10H2,1-2H3. The Bertz CT molecular complexity index is 372. The van der Waals surface area contributed by atoms with Gasteiger partial charge in [0.1, 0.15) is 0 Å². The molecule has 2 nitrogen and oxygen atoms in total. The first kappa shape index (κ1) is 12.9. The van der Waals surface area contributed by atoms with Crippen molar-refractivity contribution >= 4 is 11.8 Å². The maximum Gasteiger partial charge on any atom is 0.0624 e.